The molecular formula is C34H27N3O2S. The Balaban J connectivity index is 1.49. The summed E-state index contributed by atoms with van der Waals surface area (Å²) in [5.74, 6) is 0.877. The molecule has 0 unspecified atom stereocenters. The molecule has 0 fully saturated rings. The highest BCUT2D eigenvalue weighted by Crippen LogP contribution is 2.37. The molecule has 0 saturated carbocycles. The number of aromatic nitrogens is 2. The minimum atomic E-state index is -3.85. The number of hydrogen-bond donors (Lipinski definition) is 1. The summed E-state index contributed by atoms with van der Waals surface area (Å²) in [6, 6.07) is 45.5. The Morgan fingerprint density at radius 3 is 1.70 bits per heavy atom. The molecule has 1 heterocycles. The molecule has 40 heavy (non-hydrogen) atoms. The van der Waals surface area contributed by atoms with E-state index >= 15 is 0 Å². The Morgan fingerprint density at radius 1 is 0.575 bits per heavy atom. The smallest absolute Gasteiger partial charge is 0.238 e. The molecule has 0 aliphatic carbocycles. The van der Waals surface area contributed by atoms with Gasteiger partial charge in [-0.25, -0.2) is 18.5 Å². The van der Waals surface area contributed by atoms with Crippen molar-refractivity contribution in [1.29, 1.82) is 0 Å². The van der Waals surface area contributed by atoms with Crippen LogP contribution in [0, 0.1) is 0 Å². The lowest BCUT2D eigenvalue weighted by Crippen LogP contribution is -2.13. The first-order valence-electron chi connectivity index (χ1n) is 13.0. The summed E-state index contributed by atoms with van der Waals surface area (Å²) in [5.41, 5.74) is 7.54. The fraction of sp³-hybridized carbons (Fsp3) is 0.0294. The molecule has 0 aliphatic heterocycles. The van der Waals surface area contributed by atoms with Crippen molar-refractivity contribution in [3.05, 3.63) is 145 Å². The lowest BCUT2D eigenvalue weighted by atomic mass is 10.0. The number of nitrogens with two attached hydrogens (primary N) is 1. The van der Waals surface area contributed by atoms with Gasteiger partial charge >= 0.3 is 0 Å². The number of benzene rings is 5. The maximum absolute atomic E-state index is 12.2. The van der Waals surface area contributed by atoms with Crippen LogP contribution in [0.3, 0.4) is 0 Å². The van der Waals surface area contributed by atoms with Crippen LogP contribution in [-0.2, 0) is 16.6 Å². The van der Waals surface area contributed by atoms with Gasteiger partial charge in [0.2, 0.25) is 10.0 Å². The highest BCUT2D eigenvalue weighted by atomic mass is 32.2. The number of imidazole rings is 1. The zero-order valence-electron chi connectivity index (χ0n) is 21.7. The van der Waals surface area contributed by atoms with E-state index in [0.717, 1.165) is 45.0 Å². The van der Waals surface area contributed by atoms with Crippen LogP contribution < -0.4 is 5.14 Å². The number of nitrogens with zero attached hydrogens (tertiary/aromatic N) is 2. The standard InChI is InChI=1S/C34H27N3O2S/c35-40(38,39)31-19-11-10-18-30(31)26-22-20-25(21-23-26)24-37-33(28-14-6-2-7-15-28)32(27-12-4-1-5-13-27)36-34(37)29-16-8-3-9-17-29/h1-23H,24H2,(H2,35,38,39). The van der Waals surface area contributed by atoms with Gasteiger partial charge in [-0.2, -0.15) is 0 Å². The van der Waals surface area contributed by atoms with Crippen LogP contribution in [0.1, 0.15) is 5.56 Å². The molecule has 0 bridgehead atoms. The summed E-state index contributed by atoms with van der Waals surface area (Å²) in [7, 11) is -3.85. The fourth-order valence-electron chi connectivity index (χ4n) is 5.03. The highest BCUT2D eigenvalue weighted by molar-refractivity contribution is 7.89. The molecule has 6 rings (SSSR count). The maximum atomic E-state index is 12.2. The maximum Gasteiger partial charge on any atom is 0.238 e. The van der Waals surface area contributed by atoms with Crippen molar-refractivity contribution >= 4 is 10.0 Å². The predicted molar refractivity (Wildman–Crippen MR) is 161 cm³/mol. The van der Waals surface area contributed by atoms with Crippen molar-refractivity contribution in [3.8, 4) is 45.0 Å². The van der Waals surface area contributed by atoms with E-state index in [9.17, 15) is 8.42 Å². The fourth-order valence-corrected chi connectivity index (χ4v) is 5.79. The van der Waals surface area contributed by atoms with Gasteiger partial charge in [-0.3, -0.25) is 0 Å². The van der Waals surface area contributed by atoms with Crippen molar-refractivity contribution in [2.24, 2.45) is 5.14 Å². The first-order valence-corrected chi connectivity index (χ1v) is 14.5. The van der Waals surface area contributed by atoms with Crippen LogP contribution in [0.25, 0.3) is 45.0 Å². The molecule has 5 aromatic carbocycles. The van der Waals surface area contributed by atoms with E-state index in [-0.39, 0.29) is 4.90 Å². The number of hydrogen-bond acceptors (Lipinski definition) is 3. The lowest BCUT2D eigenvalue weighted by Gasteiger charge is -2.15. The molecule has 6 aromatic rings. The largest absolute Gasteiger partial charge is 0.319 e. The van der Waals surface area contributed by atoms with E-state index in [2.05, 4.69) is 41.0 Å². The van der Waals surface area contributed by atoms with Gasteiger partial charge in [0, 0.05) is 28.8 Å². The molecule has 0 amide bonds. The molecule has 196 valence electrons. The monoisotopic (exact) mass is 541 g/mol. The number of primary sulfonamides is 1. The molecule has 1 aromatic heterocycles. The summed E-state index contributed by atoms with van der Waals surface area (Å²) < 4.78 is 26.6. The molecule has 2 N–H and O–H groups in total. The molecule has 0 radical (unpaired) electrons. The normalized spacial score (nSPS) is 11.4. The van der Waals surface area contributed by atoms with E-state index in [1.54, 1.807) is 12.1 Å². The molecule has 0 spiro atoms. The first-order chi connectivity index (χ1) is 19.5. The third-order valence-electron chi connectivity index (χ3n) is 6.89. The van der Waals surface area contributed by atoms with Crippen molar-refractivity contribution in [2.45, 2.75) is 11.4 Å². The van der Waals surface area contributed by atoms with E-state index < -0.39 is 10.0 Å². The van der Waals surface area contributed by atoms with E-state index in [0.29, 0.717) is 12.1 Å². The Morgan fingerprint density at radius 2 is 1.10 bits per heavy atom. The molecule has 0 saturated heterocycles. The van der Waals surface area contributed by atoms with Crippen LogP contribution in [0.15, 0.2) is 144 Å². The SMILES string of the molecule is NS(=O)(=O)c1ccccc1-c1ccc(Cn2c(-c3ccccc3)nc(-c3ccccc3)c2-c2ccccc2)cc1. The summed E-state index contributed by atoms with van der Waals surface area (Å²) in [4.78, 5) is 5.32. The van der Waals surface area contributed by atoms with E-state index in [4.69, 9.17) is 10.1 Å². The van der Waals surface area contributed by atoms with Crippen LogP contribution >= 0.6 is 0 Å². The van der Waals surface area contributed by atoms with Gasteiger partial charge in [0.25, 0.3) is 0 Å². The minimum Gasteiger partial charge on any atom is -0.319 e. The van der Waals surface area contributed by atoms with Gasteiger partial charge in [-0.1, -0.05) is 133 Å². The second-order valence-electron chi connectivity index (χ2n) is 9.55. The average Bonchev–Trinajstić information content (AvgIpc) is 3.37. The zero-order valence-corrected chi connectivity index (χ0v) is 22.5. The summed E-state index contributed by atoms with van der Waals surface area (Å²) >= 11 is 0. The average molecular weight is 542 g/mol. The molecule has 0 atom stereocenters. The molecule has 0 aliphatic rings. The minimum absolute atomic E-state index is 0.114. The van der Waals surface area contributed by atoms with Crippen molar-refractivity contribution in [3.63, 3.8) is 0 Å². The van der Waals surface area contributed by atoms with Gasteiger partial charge in [0.05, 0.1) is 16.3 Å². The predicted octanol–water partition coefficient (Wildman–Crippen LogP) is 7.25. The van der Waals surface area contributed by atoms with Gasteiger partial charge in [-0.05, 0) is 17.2 Å². The second kappa shape index (κ2) is 10.8. The van der Waals surface area contributed by atoms with Crippen LogP contribution in [0.4, 0.5) is 0 Å². The van der Waals surface area contributed by atoms with Crippen LogP contribution in [-0.4, -0.2) is 18.0 Å². The van der Waals surface area contributed by atoms with Crippen LogP contribution in [0.2, 0.25) is 0 Å². The Hall–Kier alpha value is -4.78. The van der Waals surface area contributed by atoms with Crippen LogP contribution in [0.5, 0.6) is 0 Å². The van der Waals surface area contributed by atoms with E-state index in [1.807, 2.05) is 84.9 Å². The topological polar surface area (TPSA) is 78.0 Å². The Kier molecular flexibility index (Phi) is 6.86. The highest BCUT2D eigenvalue weighted by Gasteiger charge is 2.21. The number of rotatable bonds is 7. The lowest BCUT2D eigenvalue weighted by molar-refractivity contribution is 0.598. The van der Waals surface area contributed by atoms with E-state index in [1.165, 1.54) is 6.07 Å². The quantitative estimate of drug-likeness (QED) is 0.231. The van der Waals surface area contributed by atoms with Gasteiger partial charge in [-0.15, -0.1) is 0 Å². The Labute approximate surface area is 234 Å². The third-order valence-corrected chi connectivity index (χ3v) is 7.86. The van der Waals surface area contributed by atoms with Gasteiger partial charge < -0.3 is 4.57 Å². The molecule has 5 nitrogen and oxygen atoms in total. The second-order valence-corrected chi connectivity index (χ2v) is 11.1. The van der Waals surface area contributed by atoms with Gasteiger partial charge in [0.15, 0.2) is 0 Å². The van der Waals surface area contributed by atoms with Crippen molar-refractivity contribution in [1.82, 2.24) is 9.55 Å². The zero-order chi connectivity index (χ0) is 27.5. The number of sulfonamides is 1. The van der Waals surface area contributed by atoms with Gasteiger partial charge in [0.1, 0.15) is 5.82 Å². The summed E-state index contributed by atoms with van der Waals surface area (Å²) in [5, 5.41) is 5.48. The molecule has 6 heteroatoms. The van der Waals surface area contributed by atoms with Crippen molar-refractivity contribution in [2.75, 3.05) is 0 Å². The summed E-state index contributed by atoms with van der Waals surface area (Å²) in [6.07, 6.45) is 0. The first kappa shape index (κ1) is 25.5. The third kappa shape index (κ3) is 5.10. The summed E-state index contributed by atoms with van der Waals surface area (Å²) in [6.45, 7) is 0.575. The molecular weight excluding hydrogens is 514 g/mol. The Bertz CT molecular complexity index is 1870. The van der Waals surface area contributed by atoms with Crippen molar-refractivity contribution < 1.29 is 8.42 Å².